The van der Waals surface area contributed by atoms with Gasteiger partial charge in [-0.2, -0.15) is 0 Å². The van der Waals surface area contributed by atoms with Crippen molar-refractivity contribution in [2.45, 2.75) is 45.4 Å². The number of benzene rings is 2. The molecule has 0 bridgehead atoms. The molecule has 2 aromatic carbocycles. The van der Waals surface area contributed by atoms with Crippen molar-refractivity contribution < 1.29 is 19.7 Å². The highest BCUT2D eigenvalue weighted by Gasteiger charge is 2.47. The highest BCUT2D eigenvalue weighted by molar-refractivity contribution is 5.63. The molecular formula is C22H26O4. The maximum Gasteiger partial charge on any atom is 0.511 e. The van der Waals surface area contributed by atoms with Gasteiger partial charge in [0.1, 0.15) is 11.5 Å². The van der Waals surface area contributed by atoms with Crippen LogP contribution in [0.15, 0.2) is 48.5 Å². The lowest BCUT2D eigenvalue weighted by atomic mass is 9.55. The number of hydrogen-bond acceptors (Lipinski definition) is 3. The van der Waals surface area contributed by atoms with Crippen molar-refractivity contribution in [1.29, 1.82) is 0 Å². The summed E-state index contributed by atoms with van der Waals surface area (Å²) in [7, 11) is 0. The van der Waals surface area contributed by atoms with Gasteiger partial charge in [0.25, 0.3) is 0 Å². The molecule has 2 unspecified atom stereocenters. The van der Waals surface area contributed by atoms with E-state index in [0.717, 1.165) is 30.4 Å². The van der Waals surface area contributed by atoms with E-state index in [0.29, 0.717) is 11.7 Å². The molecule has 2 N–H and O–H groups in total. The molecule has 0 heterocycles. The van der Waals surface area contributed by atoms with Crippen LogP contribution < -0.4 is 4.74 Å². The van der Waals surface area contributed by atoms with E-state index in [9.17, 15) is 15.0 Å². The fourth-order valence-electron chi connectivity index (χ4n) is 5.05. The molecule has 0 aromatic heterocycles. The van der Waals surface area contributed by atoms with Gasteiger partial charge in [0, 0.05) is 16.5 Å². The Balaban J connectivity index is 2.27. The number of carboxylic acid groups (broad SMARTS) is 1. The Morgan fingerprint density at radius 1 is 1.04 bits per heavy atom. The number of para-hydroxylation sites is 2. The number of carbonyl (C=O) groups is 1. The van der Waals surface area contributed by atoms with Gasteiger partial charge < -0.3 is 14.9 Å². The lowest BCUT2D eigenvalue weighted by Crippen LogP contribution is -2.41. The third kappa shape index (κ3) is 3.41. The van der Waals surface area contributed by atoms with Crippen LogP contribution in [0, 0.1) is 11.3 Å². The average Bonchev–Trinajstić information content (AvgIpc) is 2.53. The molecule has 1 fully saturated rings. The van der Waals surface area contributed by atoms with Gasteiger partial charge in [0.05, 0.1) is 0 Å². The molecule has 2 aromatic rings. The quantitative estimate of drug-likeness (QED) is 0.558. The summed E-state index contributed by atoms with van der Waals surface area (Å²) in [5.74, 6) is 1.01. The summed E-state index contributed by atoms with van der Waals surface area (Å²) >= 11 is 0. The second kappa shape index (κ2) is 6.67. The van der Waals surface area contributed by atoms with Crippen LogP contribution in [0.4, 0.5) is 4.79 Å². The van der Waals surface area contributed by atoms with Crippen molar-refractivity contribution in [3.8, 4) is 11.5 Å². The normalized spacial score (nSPS) is 24.8. The average molecular weight is 354 g/mol. The molecule has 0 aliphatic heterocycles. The standard InChI is InChI=1S/C22H26O4/c1-15-12-21(2,3)14-22(13-15,16-8-4-6-10-18(16)23)17-9-5-7-11-19(17)26-20(24)25/h4-11,15,23H,12-14H2,1-3H3,(H,24,25). The van der Waals surface area contributed by atoms with Gasteiger partial charge in [-0.15, -0.1) is 0 Å². The molecule has 4 heteroatoms. The summed E-state index contributed by atoms with van der Waals surface area (Å²) in [4.78, 5) is 11.2. The molecule has 26 heavy (non-hydrogen) atoms. The van der Waals surface area contributed by atoms with Gasteiger partial charge in [-0.1, -0.05) is 57.2 Å². The predicted molar refractivity (Wildman–Crippen MR) is 101 cm³/mol. The Morgan fingerprint density at radius 2 is 1.65 bits per heavy atom. The smallest absolute Gasteiger partial charge is 0.508 e. The summed E-state index contributed by atoms with van der Waals surface area (Å²) < 4.78 is 5.12. The molecule has 1 aliphatic rings. The molecule has 0 radical (unpaired) electrons. The first kappa shape index (κ1) is 18.3. The maximum atomic E-state index is 11.2. The molecule has 138 valence electrons. The van der Waals surface area contributed by atoms with Crippen LogP contribution >= 0.6 is 0 Å². The van der Waals surface area contributed by atoms with E-state index >= 15 is 0 Å². The lowest BCUT2D eigenvalue weighted by molar-refractivity contribution is 0.120. The SMILES string of the molecule is CC1CC(C)(C)CC(c2ccccc2O)(c2ccccc2OC(=O)O)C1. The van der Waals surface area contributed by atoms with Crippen LogP contribution in [0.1, 0.15) is 51.2 Å². The minimum atomic E-state index is -1.33. The van der Waals surface area contributed by atoms with Crippen LogP contribution in [0.5, 0.6) is 11.5 Å². The topological polar surface area (TPSA) is 66.8 Å². The van der Waals surface area contributed by atoms with Crippen molar-refractivity contribution in [1.82, 2.24) is 0 Å². The Kier molecular flexibility index (Phi) is 4.70. The lowest BCUT2D eigenvalue weighted by Gasteiger charge is -2.49. The minimum Gasteiger partial charge on any atom is -0.508 e. The third-order valence-corrected chi connectivity index (χ3v) is 5.40. The van der Waals surface area contributed by atoms with E-state index in [1.165, 1.54) is 0 Å². The van der Waals surface area contributed by atoms with Crippen molar-refractivity contribution >= 4 is 6.16 Å². The minimum absolute atomic E-state index is 0.0519. The van der Waals surface area contributed by atoms with Crippen molar-refractivity contribution in [3.63, 3.8) is 0 Å². The fraction of sp³-hybridized carbons (Fsp3) is 0.409. The van der Waals surface area contributed by atoms with Gasteiger partial charge in [0.15, 0.2) is 0 Å². The van der Waals surface area contributed by atoms with Gasteiger partial charge in [0.2, 0.25) is 0 Å². The summed E-state index contributed by atoms with van der Waals surface area (Å²) in [6.07, 6.45) is 1.40. The Labute approximate surface area is 154 Å². The number of ether oxygens (including phenoxy) is 1. The van der Waals surface area contributed by atoms with Crippen LogP contribution in [0.25, 0.3) is 0 Å². The second-order valence-electron chi connectivity index (χ2n) is 8.32. The van der Waals surface area contributed by atoms with Crippen LogP contribution in [0.3, 0.4) is 0 Å². The van der Waals surface area contributed by atoms with Crippen molar-refractivity contribution in [2.75, 3.05) is 0 Å². The summed E-state index contributed by atoms with van der Waals surface area (Å²) in [6.45, 7) is 6.69. The molecule has 4 nitrogen and oxygen atoms in total. The molecule has 0 spiro atoms. The van der Waals surface area contributed by atoms with E-state index in [4.69, 9.17) is 4.74 Å². The van der Waals surface area contributed by atoms with Gasteiger partial charge >= 0.3 is 6.16 Å². The first-order valence-corrected chi connectivity index (χ1v) is 9.02. The molecule has 2 atom stereocenters. The number of hydrogen-bond donors (Lipinski definition) is 2. The van der Waals surface area contributed by atoms with E-state index in [1.54, 1.807) is 18.2 Å². The monoisotopic (exact) mass is 354 g/mol. The highest BCUT2D eigenvalue weighted by Crippen LogP contribution is 2.56. The molecule has 3 rings (SSSR count). The molecule has 0 saturated heterocycles. The molecule has 0 amide bonds. The number of phenolic OH excluding ortho intramolecular Hbond substituents is 1. The molecule has 1 saturated carbocycles. The Hall–Kier alpha value is -2.49. The Bertz CT molecular complexity index is 811. The first-order chi connectivity index (χ1) is 12.2. The van der Waals surface area contributed by atoms with Crippen LogP contribution in [-0.2, 0) is 5.41 Å². The summed E-state index contributed by atoms with van der Waals surface area (Å²) in [6, 6.07) is 14.7. The summed E-state index contributed by atoms with van der Waals surface area (Å²) in [5.41, 5.74) is 1.21. The fourth-order valence-corrected chi connectivity index (χ4v) is 5.05. The summed E-state index contributed by atoms with van der Waals surface area (Å²) in [5, 5.41) is 19.8. The zero-order valence-corrected chi connectivity index (χ0v) is 15.5. The van der Waals surface area contributed by atoms with Crippen LogP contribution in [0.2, 0.25) is 0 Å². The zero-order chi connectivity index (χ0) is 18.9. The first-order valence-electron chi connectivity index (χ1n) is 9.02. The maximum absolute atomic E-state index is 11.2. The van der Waals surface area contributed by atoms with Crippen molar-refractivity contribution in [3.05, 3.63) is 59.7 Å². The number of phenols is 1. The van der Waals surface area contributed by atoms with Gasteiger partial charge in [-0.25, -0.2) is 4.79 Å². The van der Waals surface area contributed by atoms with E-state index in [2.05, 4.69) is 20.8 Å². The van der Waals surface area contributed by atoms with E-state index < -0.39 is 11.6 Å². The van der Waals surface area contributed by atoms with E-state index in [1.807, 2.05) is 30.3 Å². The molecular weight excluding hydrogens is 328 g/mol. The van der Waals surface area contributed by atoms with Crippen LogP contribution in [-0.4, -0.2) is 16.4 Å². The second-order valence-corrected chi connectivity index (χ2v) is 8.32. The largest absolute Gasteiger partial charge is 0.511 e. The van der Waals surface area contributed by atoms with E-state index in [-0.39, 0.29) is 11.2 Å². The van der Waals surface area contributed by atoms with Crippen molar-refractivity contribution in [2.24, 2.45) is 11.3 Å². The van der Waals surface area contributed by atoms with Gasteiger partial charge in [-0.05, 0) is 42.7 Å². The zero-order valence-electron chi connectivity index (χ0n) is 15.5. The number of aromatic hydroxyl groups is 1. The van der Waals surface area contributed by atoms with Gasteiger partial charge in [-0.3, -0.25) is 0 Å². The number of rotatable bonds is 3. The third-order valence-electron chi connectivity index (χ3n) is 5.40. The Morgan fingerprint density at radius 3 is 2.27 bits per heavy atom. The molecule has 1 aliphatic carbocycles. The highest BCUT2D eigenvalue weighted by atomic mass is 16.7. The predicted octanol–water partition coefficient (Wildman–Crippen LogP) is 5.58.